The molecule has 21 heavy (non-hydrogen) atoms. The molecule has 0 heterocycles. The number of benzene rings is 1. The summed E-state index contributed by atoms with van der Waals surface area (Å²) in [5, 5.41) is 6.45. The molecule has 0 aromatic heterocycles. The van der Waals surface area contributed by atoms with Crippen LogP contribution in [0.2, 0.25) is 0 Å². The van der Waals surface area contributed by atoms with E-state index in [9.17, 15) is 8.42 Å². The Kier molecular flexibility index (Phi) is 6.68. The highest BCUT2D eigenvalue weighted by atomic mass is 32.2. The summed E-state index contributed by atoms with van der Waals surface area (Å²) in [4.78, 5) is 4.16. The summed E-state index contributed by atoms with van der Waals surface area (Å²) in [5.74, 6) is 0.856. The van der Waals surface area contributed by atoms with Crippen molar-refractivity contribution in [2.75, 3.05) is 19.1 Å². The molecule has 0 radical (unpaired) electrons. The van der Waals surface area contributed by atoms with Crippen molar-refractivity contribution in [2.45, 2.75) is 32.9 Å². The van der Waals surface area contributed by atoms with E-state index in [1.54, 1.807) is 7.05 Å². The van der Waals surface area contributed by atoms with E-state index in [1.807, 2.05) is 19.1 Å². The summed E-state index contributed by atoms with van der Waals surface area (Å²) in [5.41, 5.74) is 2.44. The van der Waals surface area contributed by atoms with Crippen LogP contribution in [-0.4, -0.2) is 39.5 Å². The van der Waals surface area contributed by atoms with Gasteiger partial charge < -0.3 is 10.6 Å². The van der Waals surface area contributed by atoms with Crippen LogP contribution in [0.3, 0.4) is 0 Å². The minimum absolute atomic E-state index is 0.0443. The lowest BCUT2D eigenvalue weighted by Gasteiger charge is -2.18. The molecule has 1 aromatic rings. The van der Waals surface area contributed by atoms with Gasteiger partial charge in [-0.3, -0.25) is 4.99 Å². The zero-order valence-electron chi connectivity index (χ0n) is 13.2. The summed E-state index contributed by atoms with van der Waals surface area (Å²) < 4.78 is 22.3. The molecule has 0 saturated heterocycles. The second-order valence-corrected chi connectivity index (χ2v) is 7.58. The maximum Gasteiger partial charge on any atom is 0.191 e. The molecule has 1 atom stereocenters. The van der Waals surface area contributed by atoms with E-state index in [2.05, 4.69) is 34.7 Å². The summed E-state index contributed by atoms with van der Waals surface area (Å²) in [7, 11) is -1.22. The number of nitrogens with one attached hydrogen (secondary N) is 2. The minimum Gasteiger partial charge on any atom is -0.354 e. The molecule has 1 aromatic carbocycles. The van der Waals surface area contributed by atoms with E-state index >= 15 is 0 Å². The predicted octanol–water partition coefficient (Wildman–Crippen LogP) is 1.48. The van der Waals surface area contributed by atoms with Crippen LogP contribution < -0.4 is 10.6 Å². The van der Waals surface area contributed by atoms with Crippen LogP contribution in [0.15, 0.2) is 29.3 Å². The fourth-order valence-electron chi connectivity index (χ4n) is 1.88. The van der Waals surface area contributed by atoms with Gasteiger partial charge in [0.15, 0.2) is 5.96 Å². The highest BCUT2D eigenvalue weighted by Crippen LogP contribution is 2.06. The number of nitrogens with zero attached hydrogens (tertiary/aromatic N) is 1. The van der Waals surface area contributed by atoms with Crippen LogP contribution >= 0.6 is 0 Å². The Morgan fingerprint density at radius 1 is 1.33 bits per heavy atom. The lowest BCUT2D eigenvalue weighted by Crippen LogP contribution is -2.42. The Balaban J connectivity index is 2.47. The molecule has 0 aliphatic heterocycles. The first-order valence-electron chi connectivity index (χ1n) is 7.01. The Bertz CT molecular complexity index is 582. The van der Waals surface area contributed by atoms with Gasteiger partial charge in [0, 0.05) is 25.9 Å². The van der Waals surface area contributed by atoms with Gasteiger partial charge in [0.25, 0.3) is 0 Å². The van der Waals surface area contributed by atoms with Gasteiger partial charge in [0.05, 0.1) is 5.75 Å². The molecule has 1 unspecified atom stereocenters. The molecule has 118 valence electrons. The number of aryl methyl sites for hydroxylation is 1. The molecule has 0 bridgehead atoms. The molecule has 0 spiro atoms. The van der Waals surface area contributed by atoms with Crippen LogP contribution in [0, 0.1) is 6.92 Å². The van der Waals surface area contributed by atoms with Gasteiger partial charge in [-0.15, -0.1) is 0 Å². The van der Waals surface area contributed by atoms with E-state index in [-0.39, 0.29) is 11.8 Å². The molecule has 1 rings (SSSR count). The molecule has 6 heteroatoms. The summed E-state index contributed by atoms with van der Waals surface area (Å²) in [6.45, 7) is 4.71. The molecule has 0 aliphatic carbocycles. The summed E-state index contributed by atoms with van der Waals surface area (Å²) in [6, 6.07) is 8.21. The number of sulfone groups is 1. The number of aliphatic imine (C=N–C) groups is 1. The van der Waals surface area contributed by atoms with Gasteiger partial charge in [0.2, 0.25) is 0 Å². The van der Waals surface area contributed by atoms with Gasteiger partial charge in [-0.2, -0.15) is 0 Å². The summed E-state index contributed by atoms with van der Waals surface area (Å²) in [6.07, 6.45) is 1.81. The predicted molar refractivity (Wildman–Crippen MR) is 88.3 cm³/mol. The second kappa shape index (κ2) is 8.02. The van der Waals surface area contributed by atoms with Crippen molar-refractivity contribution in [1.29, 1.82) is 0 Å². The van der Waals surface area contributed by atoms with E-state index in [1.165, 1.54) is 17.4 Å². The molecule has 0 saturated carbocycles. The van der Waals surface area contributed by atoms with Crippen molar-refractivity contribution in [2.24, 2.45) is 4.99 Å². The summed E-state index contributed by atoms with van der Waals surface area (Å²) >= 11 is 0. The maximum absolute atomic E-state index is 11.2. The fourth-order valence-corrected chi connectivity index (χ4v) is 2.66. The van der Waals surface area contributed by atoms with Crippen LogP contribution in [0.4, 0.5) is 0 Å². The smallest absolute Gasteiger partial charge is 0.191 e. The normalized spacial score (nSPS) is 13.8. The monoisotopic (exact) mass is 311 g/mol. The van der Waals surface area contributed by atoms with Gasteiger partial charge in [0.1, 0.15) is 9.84 Å². The van der Waals surface area contributed by atoms with Gasteiger partial charge in [-0.1, -0.05) is 24.3 Å². The van der Waals surface area contributed by atoms with Crippen LogP contribution in [0.1, 0.15) is 24.5 Å². The van der Waals surface area contributed by atoms with E-state index in [0.717, 1.165) is 0 Å². The number of hydrogen-bond donors (Lipinski definition) is 2. The van der Waals surface area contributed by atoms with Crippen LogP contribution in [0.5, 0.6) is 0 Å². The van der Waals surface area contributed by atoms with Crippen molar-refractivity contribution in [3.8, 4) is 0 Å². The minimum atomic E-state index is -2.92. The molecular weight excluding hydrogens is 286 g/mol. The quantitative estimate of drug-likeness (QED) is 0.617. The third kappa shape index (κ3) is 7.13. The van der Waals surface area contributed by atoms with Gasteiger partial charge >= 0.3 is 0 Å². The van der Waals surface area contributed by atoms with Crippen molar-refractivity contribution >= 4 is 15.8 Å². The zero-order chi connectivity index (χ0) is 15.9. The topological polar surface area (TPSA) is 70.6 Å². The van der Waals surface area contributed by atoms with Crippen molar-refractivity contribution in [3.05, 3.63) is 35.4 Å². The highest BCUT2D eigenvalue weighted by Gasteiger charge is 2.09. The first-order valence-corrected chi connectivity index (χ1v) is 9.07. The van der Waals surface area contributed by atoms with E-state index < -0.39 is 9.84 Å². The third-order valence-corrected chi connectivity index (χ3v) is 4.21. The average Bonchev–Trinajstić information content (AvgIpc) is 2.42. The molecule has 2 N–H and O–H groups in total. The number of guanidine groups is 1. The molecule has 5 nitrogen and oxygen atoms in total. The average molecular weight is 311 g/mol. The SMILES string of the molecule is CN=C(NCc1ccccc1C)NC(C)CCS(C)(=O)=O. The Morgan fingerprint density at radius 2 is 2.00 bits per heavy atom. The van der Waals surface area contributed by atoms with E-state index in [4.69, 9.17) is 0 Å². The second-order valence-electron chi connectivity index (χ2n) is 5.32. The van der Waals surface area contributed by atoms with Crippen molar-refractivity contribution in [3.63, 3.8) is 0 Å². The zero-order valence-corrected chi connectivity index (χ0v) is 14.0. The fraction of sp³-hybridized carbons (Fsp3) is 0.533. The largest absolute Gasteiger partial charge is 0.354 e. The van der Waals surface area contributed by atoms with E-state index in [0.29, 0.717) is 18.9 Å². The Morgan fingerprint density at radius 3 is 2.57 bits per heavy atom. The molecule has 0 fully saturated rings. The van der Waals surface area contributed by atoms with Crippen LogP contribution in [-0.2, 0) is 16.4 Å². The lowest BCUT2D eigenvalue weighted by atomic mass is 10.1. The number of rotatable bonds is 6. The Hall–Kier alpha value is -1.56. The first-order chi connectivity index (χ1) is 9.81. The van der Waals surface area contributed by atoms with Gasteiger partial charge in [-0.25, -0.2) is 8.42 Å². The molecular formula is C15H25N3O2S. The Labute approximate surface area is 127 Å². The van der Waals surface area contributed by atoms with Crippen molar-refractivity contribution in [1.82, 2.24) is 10.6 Å². The standard InChI is InChI=1S/C15H25N3O2S/c1-12-7-5-6-8-14(12)11-17-15(16-3)18-13(2)9-10-21(4,19)20/h5-8,13H,9-11H2,1-4H3,(H2,16,17,18). The molecule has 0 amide bonds. The molecule has 0 aliphatic rings. The van der Waals surface area contributed by atoms with Gasteiger partial charge in [-0.05, 0) is 31.4 Å². The first kappa shape index (κ1) is 17.5. The van der Waals surface area contributed by atoms with Crippen LogP contribution in [0.25, 0.3) is 0 Å². The van der Waals surface area contributed by atoms with Crippen molar-refractivity contribution < 1.29 is 8.42 Å². The maximum atomic E-state index is 11.2. The third-order valence-electron chi connectivity index (χ3n) is 3.24. The number of hydrogen-bond acceptors (Lipinski definition) is 3. The lowest BCUT2D eigenvalue weighted by molar-refractivity contribution is 0.581. The highest BCUT2D eigenvalue weighted by molar-refractivity contribution is 7.90.